The van der Waals surface area contributed by atoms with Crippen molar-refractivity contribution < 1.29 is 0 Å². The highest BCUT2D eigenvalue weighted by molar-refractivity contribution is 7.09. The molecule has 0 aliphatic carbocycles. The Morgan fingerprint density at radius 3 is 2.79 bits per heavy atom. The molecule has 2 rings (SSSR count). The lowest BCUT2D eigenvalue weighted by Crippen LogP contribution is -2.20. The molecule has 0 aliphatic heterocycles. The SMILES string of the molecule is Cn1cc(CNCCc2nccs2)c(C(C)(C)C)n1. The Bertz CT molecular complexity index is 508. The lowest BCUT2D eigenvalue weighted by molar-refractivity contribution is 0.543. The van der Waals surface area contributed by atoms with Crippen LogP contribution in [0.2, 0.25) is 0 Å². The molecule has 5 heteroatoms. The number of hydrogen-bond donors (Lipinski definition) is 1. The molecule has 0 bridgehead atoms. The van der Waals surface area contributed by atoms with Gasteiger partial charge in [0.2, 0.25) is 0 Å². The molecule has 0 amide bonds. The van der Waals surface area contributed by atoms with Crippen molar-refractivity contribution in [2.24, 2.45) is 7.05 Å². The van der Waals surface area contributed by atoms with Crippen molar-refractivity contribution in [3.05, 3.63) is 34.0 Å². The number of thiazole rings is 1. The van der Waals surface area contributed by atoms with Gasteiger partial charge >= 0.3 is 0 Å². The molecule has 0 unspecified atom stereocenters. The summed E-state index contributed by atoms with van der Waals surface area (Å²) in [5, 5.41) is 11.3. The van der Waals surface area contributed by atoms with Gasteiger partial charge in [-0.15, -0.1) is 11.3 Å². The van der Waals surface area contributed by atoms with Crippen molar-refractivity contribution in [2.45, 2.75) is 39.2 Å². The van der Waals surface area contributed by atoms with Gasteiger partial charge in [-0.05, 0) is 0 Å². The predicted molar refractivity (Wildman–Crippen MR) is 79.4 cm³/mol. The molecule has 2 heterocycles. The molecular formula is C14H22N4S. The van der Waals surface area contributed by atoms with E-state index in [1.54, 1.807) is 11.3 Å². The van der Waals surface area contributed by atoms with E-state index in [1.165, 1.54) is 16.3 Å². The minimum atomic E-state index is 0.0909. The normalized spacial score (nSPS) is 12.0. The second kappa shape index (κ2) is 5.84. The maximum Gasteiger partial charge on any atom is 0.0937 e. The molecule has 0 radical (unpaired) electrons. The van der Waals surface area contributed by atoms with Crippen LogP contribution in [-0.2, 0) is 25.4 Å². The Morgan fingerprint density at radius 1 is 1.37 bits per heavy atom. The Hall–Kier alpha value is -1.20. The molecule has 2 aromatic rings. The highest BCUT2D eigenvalue weighted by Crippen LogP contribution is 2.23. The Morgan fingerprint density at radius 2 is 2.16 bits per heavy atom. The lowest BCUT2D eigenvalue weighted by Gasteiger charge is -2.17. The summed E-state index contributed by atoms with van der Waals surface area (Å²) in [5.41, 5.74) is 2.55. The zero-order valence-electron chi connectivity index (χ0n) is 12.1. The van der Waals surface area contributed by atoms with E-state index in [-0.39, 0.29) is 5.41 Å². The third kappa shape index (κ3) is 3.88. The highest BCUT2D eigenvalue weighted by Gasteiger charge is 2.21. The van der Waals surface area contributed by atoms with Crippen LogP contribution in [0.5, 0.6) is 0 Å². The number of hydrogen-bond acceptors (Lipinski definition) is 4. The first-order chi connectivity index (χ1) is 8.97. The number of rotatable bonds is 5. The molecule has 0 saturated carbocycles. The van der Waals surface area contributed by atoms with E-state index in [2.05, 4.69) is 42.4 Å². The van der Waals surface area contributed by atoms with Crippen molar-refractivity contribution in [3.8, 4) is 0 Å². The van der Waals surface area contributed by atoms with Gasteiger partial charge in [-0.25, -0.2) is 4.98 Å². The molecule has 0 spiro atoms. The van der Waals surface area contributed by atoms with Crippen molar-refractivity contribution in [3.63, 3.8) is 0 Å². The van der Waals surface area contributed by atoms with Gasteiger partial charge in [0.1, 0.15) is 0 Å². The molecule has 0 atom stereocenters. The molecule has 0 aliphatic rings. The van der Waals surface area contributed by atoms with E-state index in [9.17, 15) is 0 Å². The van der Waals surface area contributed by atoms with Crippen molar-refractivity contribution in [1.82, 2.24) is 20.1 Å². The highest BCUT2D eigenvalue weighted by atomic mass is 32.1. The topological polar surface area (TPSA) is 42.7 Å². The van der Waals surface area contributed by atoms with Crippen LogP contribution >= 0.6 is 11.3 Å². The van der Waals surface area contributed by atoms with Crippen LogP contribution in [-0.4, -0.2) is 21.3 Å². The molecule has 0 aromatic carbocycles. The minimum Gasteiger partial charge on any atom is -0.312 e. The summed E-state index contributed by atoms with van der Waals surface area (Å²) >= 11 is 1.71. The van der Waals surface area contributed by atoms with E-state index in [1.807, 2.05) is 23.3 Å². The summed E-state index contributed by atoms with van der Waals surface area (Å²) in [5.74, 6) is 0. The van der Waals surface area contributed by atoms with E-state index in [0.717, 1.165) is 19.5 Å². The first-order valence-corrected chi connectivity index (χ1v) is 7.47. The van der Waals surface area contributed by atoms with Crippen LogP contribution in [0.25, 0.3) is 0 Å². The van der Waals surface area contributed by atoms with Gasteiger partial charge in [0.15, 0.2) is 0 Å². The van der Waals surface area contributed by atoms with Crippen LogP contribution in [0.1, 0.15) is 37.0 Å². The summed E-state index contributed by atoms with van der Waals surface area (Å²) in [6.45, 7) is 8.43. The number of aromatic nitrogens is 3. The zero-order valence-corrected chi connectivity index (χ0v) is 12.9. The average Bonchev–Trinajstić information content (AvgIpc) is 2.93. The van der Waals surface area contributed by atoms with Gasteiger partial charge in [0, 0.05) is 55.3 Å². The molecule has 0 fully saturated rings. The average molecular weight is 278 g/mol. The third-order valence-electron chi connectivity index (χ3n) is 2.93. The minimum absolute atomic E-state index is 0.0909. The van der Waals surface area contributed by atoms with Gasteiger partial charge in [-0.2, -0.15) is 5.10 Å². The first kappa shape index (κ1) is 14.2. The van der Waals surface area contributed by atoms with Crippen LogP contribution in [0.3, 0.4) is 0 Å². The second-order valence-electron chi connectivity index (χ2n) is 5.78. The van der Waals surface area contributed by atoms with Gasteiger partial charge in [-0.3, -0.25) is 4.68 Å². The summed E-state index contributed by atoms with van der Waals surface area (Å²) < 4.78 is 1.90. The summed E-state index contributed by atoms with van der Waals surface area (Å²) in [6, 6.07) is 0. The smallest absolute Gasteiger partial charge is 0.0937 e. The fourth-order valence-corrected chi connectivity index (χ4v) is 2.71. The van der Waals surface area contributed by atoms with Crippen LogP contribution in [0.4, 0.5) is 0 Å². The molecule has 1 N–H and O–H groups in total. The number of nitrogens with one attached hydrogen (secondary N) is 1. The quantitative estimate of drug-likeness (QED) is 0.855. The standard InChI is InChI=1S/C14H22N4S/c1-14(2,3)13-11(10-18(4)17-13)9-15-6-5-12-16-7-8-19-12/h7-8,10,15H,5-6,9H2,1-4H3. The number of aryl methyl sites for hydroxylation is 1. The largest absolute Gasteiger partial charge is 0.312 e. The fraction of sp³-hybridized carbons (Fsp3) is 0.571. The van der Waals surface area contributed by atoms with Crippen molar-refractivity contribution in [1.29, 1.82) is 0 Å². The maximum absolute atomic E-state index is 4.58. The number of nitrogens with zero attached hydrogens (tertiary/aromatic N) is 3. The third-order valence-corrected chi connectivity index (χ3v) is 3.77. The summed E-state index contributed by atoms with van der Waals surface area (Å²) in [6.07, 6.45) is 4.96. The Kier molecular flexibility index (Phi) is 4.37. The molecule has 2 aromatic heterocycles. The Labute approximate surface area is 118 Å². The van der Waals surface area contributed by atoms with E-state index in [0.29, 0.717) is 0 Å². The fourth-order valence-electron chi connectivity index (χ4n) is 2.09. The zero-order chi connectivity index (χ0) is 13.9. The van der Waals surface area contributed by atoms with Crippen molar-refractivity contribution in [2.75, 3.05) is 6.54 Å². The van der Waals surface area contributed by atoms with Gasteiger partial charge in [-0.1, -0.05) is 20.8 Å². The van der Waals surface area contributed by atoms with Crippen LogP contribution in [0.15, 0.2) is 17.8 Å². The van der Waals surface area contributed by atoms with Crippen LogP contribution < -0.4 is 5.32 Å². The summed E-state index contributed by atoms with van der Waals surface area (Å²) in [4.78, 5) is 4.28. The van der Waals surface area contributed by atoms with Gasteiger partial charge < -0.3 is 5.32 Å². The van der Waals surface area contributed by atoms with Gasteiger partial charge in [0.25, 0.3) is 0 Å². The molecule has 4 nitrogen and oxygen atoms in total. The monoisotopic (exact) mass is 278 g/mol. The lowest BCUT2D eigenvalue weighted by atomic mass is 9.89. The molecular weight excluding hydrogens is 256 g/mol. The second-order valence-corrected chi connectivity index (χ2v) is 6.76. The first-order valence-electron chi connectivity index (χ1n) is 6.59. The van der Waals surface area contributed by atoms with Gasteiger partial charge in [0.05, 0.1) is 10.7 Å². The maximum atomic E-state index is 4.58. The van der Waals surface area contributed by atoms with Crippen LogP contribution in [0, 0.1) is 0 Å². The van der Waals surface area contributed by atoms with Crippen molar-refractivity contribution >= 4 is 11.3 Å². The molecule has 104 valence electrons. The predicted octanol–water partition coefficient (Wildman–Crippen LogP) is 2.51. The van der Waals surface area contributed by atoms with E-state index >= 15 is 0 Å². The molecule has 19 heavy (non-hydrogen) atoms. The van der Waals surface area contributed by atoms with E-state index < -0.39 is 0 Å². The Balaban J connectivity index is 1.89. The molecule has 0 saturated heterocycles. The van der Waals surface area contributed by atoms with E-state index in [4.69, 9.17) is 0 Å². The summed E-state index contributed by atoms with van der Waals surface area (Å²) in [7, 11) is 1.98.